The molecule has 0 atom stereocenters. The number of carbonyl (C=O) groups is 1. The standard InChI is InChI=1S/C15H18N2O2/c1-2-19-13-5-6-14-11(9-13)7-8-17(14)10-15(18)16-12-3-4-12/h5-9,12H,2-4,10H2,1H3,(H,16,18). The highest BCUT2D eigenvalue weighted by Crippen LogP contribution is 2.22. The Labute approximate surface area is 112 Å². The third-order valence-electron chi connectivity index (χ3n) is 3.31. The van der Waals surface area contributed by atoms with E-state index in [1.165, 1.54) is 0 Å². The average Bonchev–Trinajstić information content (AvgIpc) is 3.11. The Hall–Kier alpha value is -1.97. The van der Waals surface area contributed by atoms with Gasteiger partial charge in [0, 0.05) is 23.1 Å². The molecule has 0 saturated heterocycles. The number of fused-ring (bicyclic) bond motifs is 1. The molecule has 0 aliphatic heterocycles. The van der Waals surface area contributed by atoms with E-state index in [4.69, 9.17) is 4.74 Å². The molecule has 1 aliphatic rings. The van der Waals surface area contributed by atoms with Gasteiger partial charge in [-0.15, -0.1) is 0 Å². The SMILES string of the molecule is CCOc1ccc2c(ccn2CC(=O)NC2CC2)c1. The molecule has 0 radical (unpaired) electrons. The van der Waals surface area contributed by atoms with Gasteiger partial charge in [0.2, 0.25) is 5.91 Å². The summed E-state index contributed by atoms with van der Waals surface area (Å²) < 4.78 is 7.45. The number of benzene rings is 1. The minimum atomic E-state index is 0.0916. The second-order valence-corrected chi connectivity index (χ2v) is 4.94. The van der Waals surface area contributed by atoms with Crippen LogP contribution in [0.3, 0.4) is 0 Å². The lowest BCUT2D eigenvalue weighted by Crippen LogP contribution is -2.28. The quantitative estimate of drug-likeness (QED) is 0.894. The number of rotatable bonds is 5. The van der Waals surface area contributed by atoms with Crippen molar-refractivity contribution in [2.24, 2.45) is 0 Å². The van der Waals surface area contributed by atoms with Crippen molar-refractivity contribution >= 4 is 16.8 Å². The molecular formula is C15H18N2O2. The van der Waals surface area contributed by atoms with Crippen LogP contribution in [-0.2, 0) is 11.3 Å². The zero-order chi connectivity index (χ0) is 13.2. The van der Waals surface area contributed by atoms with Crippen molar-refractivity contribution in [3.63, 3.8) is 0 Å². The highest BCUT2D eigenvalue weighted by molar-refractivity contribution is 5.84. The third-order valence-corrected chi connectivity index (χ3v) is 3.31. The first-order valence-corrected chi connectivity index (χ1v) is 6.77. The van der Waals surface area contributed by atoms with Crippen LogP contribution in [0, 0.1) is 0 Å². The summed E-state index contributed by atoms with van der Waals surface area (Å²) in [6.45, 7) is 3.02. The Bertz CT molecular complexity index is 599. The van der Waals surface area contributed by atoms with Crippen molar-refractivity contribution < 1.29 is 9.53 Å². The molecule has 1 amide bonds. The molecule has 1 aromatic carbocycles. The second kappa shape index (κ2) is 4.96. The number of carbonyl (C=O) groups excluding carboxylic acids is 1. The third kappa shape index (κ3) is 2.72. The van der Waals surface area contributed by atoms with Gasteiger partial charge in [0.25, 0.3) is 0 Å². The normalized spacial score (nSPS) is 14.6. The first-order valence-electron chi connectivity index (χ1n) is 6.77. The molecular weight excluding hydrogens is 240 g/mol. The molecule has 1 saturated carbocycles. The fraction of sp³-hybridized carbons (Fsp3) is 0.400. The van der Waals surface area contributed by atoms with Gasteiger partial charge in [0.15, 0.2) is 0 Å². The number of hydrogen-bond donors (Lipinski definition) is 1. The fourth-order valence-corrected chi connectivity index (χ4v) is 2.23. The lowest BCUT2D eigenvalue weighted by atomic mass is 10.2. The smallest absolute Gasteiger partial charge is 0.240 e. The predicted molar refractivity (Wildman–Crippen MR) is 74.3 cm³/mol. The highest BCUT2D eigenvalue weighted by Gasteiger charge is 2.23. The first-order chi connectivity index (χ1) is 9.26. The zero-order valence-electron chi connectivity index (χ0n) is 11.1. The number of ether oxygens (including phenoxy) is 1. The van der Waals surface area contributed by atoms with Crippen molar-refractivity contribution in [3.8, 4) is 5.75 Å². The predicted octanol–water partition coefficient (Wildman–Crippen LogP) is 2.32. The number of hydrogen-bond acceptors (Lipinski definition) is 2. The molecule has 2 aromatic rings. The van der Waals surface area contributed by atoms with Crippen LogP contribution in [0.5, 0.6) is 5.75 Å². The molecule has 1 heterocycles. The van der Waals surface area contributed by atoms with Gasteiger partial charge >= 0.3 is 0 Å². The van der Waals surface area contributed by atoms with Gasteiger partial charge in [0.05, 0.1) is 6.61 Å². The van der Waals surface area contributed by atoms with Crippen LogP contribution in [0.25, 0.3) is 10.9 Å². The average molecular weight is 258 g/mol. The Morgan fingerprint density at radius 3 is 3.00 bits per heavy atom. The van der Waals surface area contributed by atoms with E-state index >= 15 is 0 Å². The summed E-state index contributed by atoms with van der Waals surface area (Å²) in [5.41, 5.74) is 1.06. The van der Waals surface area contributed by atoms with E-state index < -0.39 is 0 Å². The van der Waals surface area contributed by atoms with Crippen molar-refractivity contribution in [2.45, 2.75) is 32.4 Å². The maximum atomic E-state index is 11.8. The first kappa shape index (κ1) is 12.1. The van der Waals surface area contributed by atoms with E-state index in [0.29, 0.717) is 19.2 Å². The maximum Gasteiger partial charge on any atom is 0.240 e. The van der Waals surface area contributed by atoms with E-state index in [9.17, 15) is 4.79 Å². The van der Waals surface area contributed by atoms with Crippen LogP contribution in [0.15, 0.2) is 30.5 Å². The topological polar surface area (TPSA) is 43.3 Å². The molecule has 1 N–H and O–H groups in total. The number of aromatic nitrogens is 1. The van der Waals surface area contributed by atoms with Crippen molar-refractivity contribution in [1.29, 1.82) is 0 Å². The minimum Gasteiger partial charge on any atom is -0.494 e. The van der Waals surface area contributed by atoms with Crippen molar-refractivity contribution in [1.82, 2.24) is 9.88 Å². The fourth-order valence-electron chi connectivity index (χ4n) is 2.23. The van der Waals surface area contributed by atoms with Crippen LogP contribution >= 0.6 is 0 Å². The van der Waals surface area contributed by atoms with Gasteiger partial charge in [-0.3, -0.25) is 4.79 Å². The van der Waals surface area contributed by atoms with E-state index in [2.05, 4.69) is 5.32 Å². The Morgan fingerprint density at radius 2 is 2.26 bits per heavy atom. The molecule has 1 aromatic heterocycles. The molecule has 0 unspecified atom stereocenters. The number of nitrogens with zero attached hydrogens (tertiary/aromatic N) is 1. The lowest BCUT2D eigenvalue weighted by molar-refractivity contribution is -0.121. The summed E-state index contributed by atoms with van der Waals surface area (Å²) >= 11 is 0. The van der Waals surface area contributed by atoms with Gasteiger partial charge in [-0.1, -0.05) is 0 Å². The number of nitrogens with one attached hydrogen (secondary N) is 1. The van der Waals surface area contributed by atoms with Crippen molar-refractivity contribution in [3.05, 3.63) is 30.5 Å². The maximum absolute atomic E-state index is 11.8. The van der Waals surface area contributed by atoms with Crippen LogP contribution in [0.1, 0.15) is 19.8 Å². The van der Waals surface area contributed by atoms with Crippen LogP contribution in [0.2, 0.25) is 0 Å². The number of amides is 1. The van der Waals surface area contributed by atoms with Gasteiger partial charge in [-0.05, 0) is 44.0 Å². The summed E-state index contributed by atoms with van der Waals surface area (Å²) in [6, 6.07) is 8.39. The lowest BCUT2D eigenvalue weighted by Gasteiger charge is -2.07. The van der Waals surface area contributed by atoms with E-state index in [1.54, 1.807) is 0 Å². The second-order valence-electron chi connectivity index (χ2n) is 4.94. The van der Waals surface area contributed by atoms with Crippen molar-refractivity contribution in [2.75, 3.05) is 6.61 Å². The molecule has 4 heteroatoms. The minimum absolute atomic E-state index is 0.0916. The molecule has 19 heavy (non-hydrogen) atoms. The Morgan fingerprint density at radius 1 is 1.42 bits per heavy atom. The van der Waals surface area contributed by atoms with E-state index in [1.807, 2.05) is 42.0 Å². The van der Waals surface area contributed by atoms with Crippen LogP contribution in [-0.4, -0.2) is 23.1 Å². The molecule has 4 nitrogen and oxygen atoms in total. The van der Waals surface area contributed by atoms with Gasteiger partial charge in [-0.2, -0.15) is 0 Å². The Kier molecular flexibility index (Phi) is 3.15. The molecule has 100 valence electrons. The van der Waals surface area contributed by atoms with Gasteiger partial charge in [0.1, 0.15) is 12.3 Å². The summed E-state index contributed by atoms with van der Waals surface area (Å²) in [4.78, 5) is 11.8. The summed E-state index contributed by atoms with van der Waals surface area (Å²) in [5, 5.41) is 4.11. The van der Waals surface area contributed by atoms with E-state index in [-0.39, 0.29) is 5.91 Å². The van der Waals surface area contributed by atoms with Crippen LogP contribution < -0.4 is 10.1 Å². The van der Waals surface area contributed by atoms with E-state index in [0.717, 1.165) is 29.5 Å². The monoisotopic (exact) mass is 258 g/mol. The molecule has 3 rings (SSSR count). The molecule has 0 spiro atoms. The van der Waals surface area contributed by atoms with Gasteiger partial charge < -0.3 is 14.6 Å². The molecule has 1 fully saturated rings. The van der Waals surface area contributed by atoms with Crippen LogP contribution in [0.4, 0.5) is 0 Å². The zero-order valence-corrected chi connectivity index (χ0v) is 11.1. The summed E-state index contributed by atoms with van der Waals surface area (Å²) in [5.74, 6) is 0.962. The molecule has 0 bridgehead atoms. The van der Waals surface area contributed by atoms with Gasteiger partial charge in [-0.25, -0.2) is 0 Å². The Balaban J connectivity index is 1.77. The molecule has 1 aliphatic carbocycles. The summed E-state index contributed by atoms with van der Waals surface area (Å²) in [6.07, 6.45) is 4.19. The highest BCUT2D eigenvalue weighted by atomic mass is 16.5. The summed E-state index contributed by atoms with van der Waals surface area (Å²) in [7, 11) is 0. The largest absolute Gasteiger partial charge is 0.494 e.